The Morgan fingerprint density at radius 3 is 1.23 bits per heavy atom. The van der Waals surface area contributed by atoms with Crippen molar-refractivity contribution in [2.45, 2.75) is 265 Å². The molecule has 666 valence electrons. The first-order chi connectivity index (χ1) is 55.0. The van der Waals surface area contributed by atoms with Gasteiger partial charge in [0.1, 0.15) is 171 Å². The number of nitrogens with zero attached hydrogens (tertiary/aromatic N) is 2. The van der Waals surface area contributed by atoms with Gasteiger partial charge in [0.05, 0.1) is 64.3 Å². The second-order valence-electron chi connectivity index (χ2n) is 28.0. The zero-order valence-corrected chi connectivity index (χ0v) is 62.8. The third-order valence-corrected chi connectivity index (χ3v) is 22.4. The van der Waals surface area contributed by atoms with Crippen LogP contribution in [0.1, 0.15) is 26.0 Å². The molecule has 25 N–H and O–H groups in total. The largest absolute Gasteiger partial charge is 0.475 e. The molecule has 22 fully saturated rings. The summed E-state index contributed by atoms with van der Waals surface area (Å²) in [6.07, 6.45) is -78.4. The van der Waals surface area contributed by atoms with E-state index in [9.17, 15) is 140 Å². The summed E-state index contributed by atoms with van der Waals surface area (Å²) in [6.45, 7) is -8.15. The molecule has 116 heavy (non-hydrogen) atoms. The Morgan fingerprint density at radius 2 is 0.879 bits per heavy atom. The van der Waals surface area contributed by atoms with Crippen molar-refractivity contribution >= 4 is 43.2 Å². The number of nitrogens with two attached hydrogens (primary N) is 1. The molecule has 22 aliphatic heterocycles. The van der Waals surface area contributed by atoms with Crippen molar-refractivity contribution in [2.24, 2.45) is 0 Å². The lowest BCUT2D eigenvalue weighted by atomic mass is 9.94. The average Bonchev–Trinajstić information content (AvgIpc) is 1.39. The van der Waals surface area contributed by atoms with Crippen LogP contribution in [0.2, 0.25) is 0 Å². The SMILES string of the molecule is CCC1O[C@@H]2O[C@@H]3C(CO)O[C@H](O[C@@H]4C(CO)O[C@H](O[C@@H]5C(CSC[C@@H](NC)C(=O)NCCC(=O)OCC(=O)OCOP(=O)(O)OC[C@H]6O[C@@H](n7ccc(N)nc7=O)C(F)(F)[C@@H]6O)O[C@H](O[C@@H]6C(CO)O[C@H](O[C@@H]7C(CO)O[C@H](O[C@@H]8C(CO)O[C@H](O[C@H]1[C@@H](O)C2O)C(O)[C@H]8O)C(O)[C@H]7O)C(O)[C@H]6O)C(O)[C@H]5O)C(O)[C@H]4O)C(O)[C@H]3O. The predicted molar refractivity (Wildman–Crippen MR) is 359 cm³/mol. The highest BCUT2D eigenvalue weighted by molar-refractivity contribution is 7.99. The molecule has 14 bridgehead atoms. The number of nitrogen functional groups attached to an aromatic ring is 1. The lowest BCUT2D eigenvalue weighted by Crippen LogP contribution is -2.68. The smallest absolute Gasteiger partial charge is 0.454 e. The van der Waals surface area contributed by atoms with Gasteiger partial charge in [-0.05, 0) is 19.5 Å². The maximum Gasteiger partial charge on any atom is 0.475 e. The molecule has 50 nitrogen and oxygen atoms in total. The molecule has 0 saturated carbocycles. The van der Waals surface area contributed by atoms with Crippen molar-refractivity contribution in [1.29, 1.82) is 0 Å². The maximum absolute atomic E-state index is 14.9. The van der Waals surface area contributed by atoms with E-state index < -0.39 is 348 Å². The summed E-state index contributed by atoms with van der Waals surface area (Å²) >= 11 is 0.837. The fraction of sp³-hybridized carbons (Fsp3) is 0.887. The van der Waals surface area contributed by atoms with E-state index in [0.29, 0.717) is 4.57 Å². The topological polar surface area (TPSA) is 753 Å². The van der Waals surface area contributed by atoms with E-state index in [1.807, 2.05) is 0 Å². The number of ether oxygens (including phenoxy) is 17. The highest BCUT2D eigenvalue weighted by Crippen LogP contribution is 2.48. The highest BCUT2D eigenvalue weighted by Gasteiger charge is 2.62. The molecule has 0 aromatic carbocycles. The molecule has 1 amide bonds. The van der Waals surface area contributed by atoms with Crippen molar-refractivity contribution in [3.05, 3.63) is 22.7 Å². The molecule has 40 atom stereocenters. The third-order valence-electron chi connectivity index (χ3n) is 20.4. The number of phosphoric ester groups is 1. The Morgan fingerprint density at radius 1 is 0.526 bits per heavy atom. The van der Waals surface area contributed by atoms with Crippen LogP contribution in [-0.4, -0.2) is 452 Å². The van der Waals surface area contributed by atoms with Gasteiger partial charge in [0.25, 0.3) is 0 Å². The number of phosphoric acid groups is 1. The summed E-state index contributed by atoms with van der Waals surface area (Å²) in [5, 5.41) is 231. The number of aromatic nitrogens is 2. The van der Waals surface area contributed by atoms with Gasteiger partial charge in [-0.25, -0.2) is 18.7 Å². The van der Waals surface area contributed by atoms with Crippen LogP contribution < -0.4 is 22.1 Å². The number of thioether (sulfide) groups is 1. The Kier molecular flexibility index (Phi) is 33.3. The molecule has 23 heterocycles. The van der Waals surface area contributed by atoms with Gasteiger partial charge in [-0.3, -0.25) is 18.7 Å². The van der Waals surface area contributed by atoms with Crippen LogP contribution in [0.25, 0.3) is 0 Å². The molecule has 1 aromatic rings. The van der Waals surface area contributed by atoms with Crippen molar-refractivity contribution in [3.8, 4) is 0 Å². The monoisotopic (exact) mass is 1730 g/mol. The zero-order chi connectivity index (χ0) is 84.9. The van der Waals surface area contributed by atoms with Crippen LogP contribution in [0.4, 0.5) is 14.6 Å². The van der Waals surface area contributed by atoms with Crippen molar-refractivity contribution in [2.75, 3.05) is 83.9 Å². The van der Waals surface area contributed by atoms with E-state index in [-0.39, 0.29) is 18.0 Å². The number of amides is 1. The summed E-state index contributed by atoms with van der Waals surface area (Å²) in [5.74, 6) is -8.48. The quantitative estimate of drug-likeness (QED) is 0.0260. The number of nitrogens with one attached hydrogen (secondary N) is 2. The molecule has 23 rings (SSSR count). The van der Waals surface area contributed by atoms with Crippen LogP contribution >= 0.6 is 19.6 Å². The first-order valence-electron chi connectivity index (χ1n) is 36.2. The summed E-state index contributed by atoms with van der Waals surface area (Å²) < 4.78 is 148. The van der Waals surface area contributed by atoms with Crippen LogP contribution in [-0.2, 0) is 109 Å². The van der Waals surface area contributed by atoms with Gasteiger partial charge >= 0.3 is 31.4 Å². The summed E-state index contributed by atoms with van der Waals surface area (Å²) in [4.78, 5) is 64.0. The van der Waals surface area contributed by atoms with E-state index in [4.69, 9.17) is 81.5 Å². The summed E-state index contributed by atoms with van der Waals surface area (Å²) in [6, 6.07) is -0.208. The summed E-state index contributed by atoms with van der Waals surface area (Å²) in [7, 11) is -3.93. The number of rotatable bonds is 24. The number of halogens is 2. The number of likely N-dealkylation sites (N-methyl/N-ethyl adjacent to an activating group) is 1. The van der Waals surface area contributed by atoms with Crippen LogP contribution in [0.15, 0.2) is 17.1 Å². The Labute approximate surface area is 657 Å². The predicted octanol–water partition coefficient (Wildman–Crippen LogP) is -15.1. The molecule has 54 heteroatoms. The highest BCUT2D eigenvalue weighted by atomic mass is 32.2. The van der Waals surface area contributed by atoms with Crippen molar-refractivity contribution in [1.82, 2.24) is 20.2 Å². The second-order valence-corrected chi connectivity index (χ2v) is 30.5. The van der Waals surface area contributed by atoms with Gasteiger partial charge in [0.2, 0.25) is 18.9 Å². The Hall–Kier alpha value is -4.03. The van der Waals surface area contributed by atoms with Crippen LogP contribution in [0, 0.1) is 0 Å². The zero-order valence-electron chi connectivity index (χ0n) is 61.1. The molecule has 22 saturated heterocycles. The first kappa shape index (κ1) is 94.2. The fourth-order valence-electron chi connectivity index (χ4n) is 13.9. The van der Waals surface area contributed by atoms with Crippen LogP contribution in [0.5, 0.6) is 0 Å². The van der Waals surface area contributed by atoms with E-state index in [1.165, 1.54) is 14.0 Å². The van der Waals surface area contributed by atoms with E-state index in [2.05, 4.69) is 29.4 Å². The molecular formula is C62H98F2N5O45PS. The minimum absolute atomic E-state index is 0.100. The Bertz CT molecular complexity index is 3430. The number of carbonyl (C=O) groups excluding carboxylic acids is 3. The van der Waals surface area contributed by atoms with E-state index >= 15 is 0 Å². The van der Waals surface area contributed by atoms with Gasteiger partial charge in [-0.15, -0.1) is 0 Å². The molecule has 0 radical (unpaired) electrons. The van der Waals surface area contributed by atoms with Gasteiger partial charge in [-0.2, -0.15) is 25.5 Å². The lowest BCUT2D eigenvalue weighted by molar-refractivity contribution is -0.395. The van der Waals surface area contributed by atoms with Gasteiger partial charge in [0.15, 0.2) is 56.7 Å². The van der Waals surface area contributed by atoms with Crippen molar-refractivity contribution < 1.29 is 224 Å². The number of hydrogen-bond acceptors (Lipinski definition) is 48. The minimum Gasteiger partial charge on any atom is -0.454 e. The molecule has 0 spiro atoms. The molecule has 22 aliphatic rings. The molecule has 15 unspecified atom stereocenters. The lowest BCUT2D eigenvalue weighted by Gasteiger charge is -2.50. The standard InChI is InChI=1S/C62H98F2N5O45PS/c1-3-19-44-30(77)37(84)53(100-19)109-45-20(8-70)102-55(39(86)32(45)79)112-48-23(11-73)105-58(42(89)35(48)82)114-50-26(16-116-15-18(66-2)52(92)67-6-4-28(75)96-14-29(76)97-17-99-115(94,95)98-13-25-51(91)62(63,64)60(107-25)69-7-5-27(65)68-61(69)93)106-59(43(90)36(50)83)113-49-24(12-74)104-57(41(88)34(49)81)111-47-22(10-72)103-56(40(87)33(47)80)110-46-21(9-71)101-54(108-44)38(85)31(46)78/h5,7,18-26,30-51,53-60,66,70-74,77-91H,3-4,6,8-17H2,1-2H3,(H,67,92)(H,94,95)(H2,65,68,93)/t18-,19?,20?,21?,22?,23?,24?,25-,26?,30+,31-,32-,33-,34-,35-,36-,37?,38?,39?,40?,41?,42?,43?,44-,45-,46-,47-,48-,49-,50-,51-,53-,54-,55-,56-,57-,58-,59-,60-/m1/s1. The maximum atomic E-state index is 14.9. The number of aliphatic hydroxyl groups excluding tert-OH is 20. The van der Waals surface area contributed by atoms with Gasteiger partial charge < -0.3 is 204 Å². The number of carbonyl (C=O) groups is 3. The third kappa shape index (κ3) is 21.1. The number of anilines is 1. The first-order valence-corrected chi connectivity index (χ1v) is 38.9. The molecule has 1 aromatic heterocycles. The number of hydrogen-bond donors (Lipinski definition) is 24. The minimum atomic E-state index is -5.27. The number of alkyl halides is 2. The Balaban J connectivity index is 0.804. The molecule has 0 aliphatic carbocycles. The fourth-order valence-corrected chi connectivity index (χ4v) is 15.7. The van der Waals surface area contributed by atoms with Gasteiger partial charge in [0, 0.05) is 24.2 Å². The molecular weight excluding hydrogens is 1640 g/mol. The normalized spacial score (nSPS) is 44.5. The average molecular weight is 1730 g/mol. The van der Waals surface area contributed by atoms with Crippen LogP contribution in [0.3, 0.4) is 0 Å². The van der Waals surface area contributed by atoms with Gasteiger partial charge in [-0.1, -0.05) is 6.92 Å². The van der Waals surface area contributed by atoms with E-state index in [1.54, 1.807) is 0 Å². The second kappa shape index (κ2) is 41.0. The van der Waals surface area contributed by atoms with E-state index in [0.717, 1.165) is 24.0 Å². The number of esters is 2. The number of aliphatic hydroxyl groups is 20. The van der Waals surface area contributed by atoms with Crippen molar-refractivity contribution in [3.63, 3.8) is 0 Å². The summed E-state index contributed by atoms with van der Waals surface area (Å²) in [5.41, 5.74) is 4.11.